The Labute approximate surface area is 179 Å². The lowest BCUT2D eigenvalue weighted by atomic mass is 9.85. The van der Waals surface area contributed by atoms with Gasteiger partial charge in [0.2, 0.25) is 11.9 Å². The number of pyridine rings is 1. The molecular weight excluding hydrogens is 399 g/mol. The molecular formula is C24H21FN2O4. The van der Waals surface area contributed by atoms with Crippen LogP contribution in [0.15, 0.2) is 66.9 Å². The molecule has 0 radical (unpaired) electrons. The van der Waals surface area contributed by atoms with Crippen LogP contribution in [0.1, 0.15) is 22.3 Å². The van der Waals surface area contributed by atoms with E-state index in [4.69, 9.17) is 9.47 Å². The van der Waals surface area contributed by atoms with Gasteiger partial charge < -0.3 is 14.8 Å². The second kappa shape index (κ2) is 8.18. The molecule has 0 spiro atoms. The van der Waals surface area contributed by atoms with Crippen molar-refractivity contribution in [1.29, 1.82) is 0 Å². The SMILES string of the molecule is COc1ccc(C(=O)C2(c3ccccc3)CC2C(=O)Nc2ccnc(F)c2)cc1OC. The Kier molecular flexibility index (Phi) is 5.42. The van der Waals surface area contributed by atoms with Crippen LogP contribution in [-0.4, -0.2) is 30.9 Å². The third kappa shape index (κ3) is 3.74. The summed E-state index contributed by atoms with van der Waals surface area (Å²) in [5, 5.41) is 2.70. The maximum absolute atomic E-state index is 13.7. The Bertz CT molecular complexity index is 1140. The van der Waals surface area contributed by atoms with Crippen LogP contribution in [0.2, 0.25) is 0 Å². The highest BCUT2D eigenvalue weighted by Crippen LogP contribution is 2.57. The topological polar surface area (TPSA) is 77.5 Å². The summed E-state index contributed by atoms with van der Waals surface area (Å²) in [5.41, 5.74) is 0.476. The summed E-state index contributed by atoms with van der Waals surface area (Å²) in [6.45, 7) is 0. The lowest BCUT2D eigenvalue weighted by Crippen LogP contribution is -2.28. The number of benzene rings is 2. The number of amides is 1. The highest BCUT2D eigenvalue weighted by Gasteiger charge is 2.64. The minimum atomic E-state index is -1.00. The number of methoxy groups -OCH3 is 2. The first-order chi connectivity index (χ1) is 15.0. The van der Waals surface area contributed by atoms with Crippen LogP contribution in [0.3, 0.4) is 0 Å². The van der Waals surface area contributed by atoms with Crippen molar-refractivity contribution in [3.05, 3.63) is 83.9 Å². The van der Waals surface area contributed by atoms with Gasteiger partial charge in [0.25, 0.3) is 0 Å². The predicted molar refractivity (Wildman–Crippen MR) is 113 cm³/mol. The van der Waals surface area contributed by atoms with Crippen LogP contribution in [-0.2, 0) is 10.2 Å². The molecule has 2 atom stereocenters. The minimum absolute atomic E-state index is 0.180. The Morgan fingerprint density at radius 1 is 1.03 bits per heavy atom. The van der Waals surface area contributed by atoms with E-state index < -0.39 is 17.3 Å². The number of rotatable bonds is 7. The first-order valence-corrected chi connectivity index (χ1v) is 9.74. The molecule has 1 heterocycles. The van der Waals surface area contributed by atoms with Gasteiger partial charge in [-0.1, -0.05) is 30.3 Å². The molecule has 0 bridgehead atoms. The molecule has 2 unspecified atom stereocenters. The second-order valence-electron chi connectivity index (χ2n) is 7.35. The van der Waals surface area contributed by atoms with Gasteiger partial charge in [0.05, 0.1) is 25.6 Å². The number of carbonyl (C=O) groups is 2. The van der Waals surface area contributed by atoms with E-state index in [9.17, 15) is 14.0 Å². The number of hydrogen-bond donors (Lipinski definition) is 1. The van der Waals surface area contributed by atoms with Crippen molar-refractivity contribution in [3.63, 3.8) is 0 Å². The molecule has 7 heteroatoms. The number of carbonyl (C=O) groups excluding carboxylic acids is 2. The number of nitrogens with zero attached hydrogens (tertiary/aromatic N) is 1. The molecule has 6 nitrogen and oxygen atoms in total. The molecule has 1 N–H and O–H groups in total. The number of aromatic nitrogens is 1. The van der Waals surface area contributed by atoms with Gasteiger partial charge in [-0.2, -0.15) is 4.39 Å². The number of ether oxygens (including phenoxy) is 2. The van der Waals surface area contributed by atoms with Crippen molar-refractivity contribution in [2.24, 2.45) is 5.92 Å². The summed E-state index contributed by atoms with van der Waals surface area (Å²) >= 11 is 0. The van der Waals surface area contributed by atoms with Gasteiger partial charge in [-0.15, -0.1) is 0 Å². The minimum Gasteiger partial charge on any atom is -0.493 e. The molecule has 1 fully saturated rings. The summed E-state index contributed by atoms with van der Waals surface area (Å²) in [6.07, 6.45) is 1.63. The molecule has 158 valence electrons. The molecule has 1 aliphatic rings. The molecule has 1 saturated carbocycles. The standard InChI is InChI=1S/C24H21FN2O4/c1-30-19-9-8-15(12-20(19)31-2)22(28)24(16-6-4-3-5-7-16)14-18(24)23(29)27-17-10-11-26-21(25)13-17/h3-13,18H,14H2,1-2H3,(H,26,27,29). The molecule has 3 aromatic rings. The fraction of sp³-hybridized carbons (Fsp3) is 0.208. The molecule has 1 amide bonds. The fourth-order valence-corrected chi connectivity index (χ4v) is 3.96. The Balaban J connectivity index is 1.68. The van der Waals surface area contributed by atoms with E-state index in [2.05, 4.69) is 10.3 Å². The third-order valence-corrected chi connectivity index (χ3v) is 5.61. The number of nitrogens with one attached hydrogen (secondary N) is 1. The number of ketones is 1. The zero-order valence-corrected chi connectivity index (χ0v) is 17.1. The van der Waals surface area contributed by atoms with E-state index in [-0.39, 0.29) is 11.7 Å². The van der Waals surface area contributed by atoms with Gasteiger partial charge in [-0.25, -0.2) is 4.98 Å². The van der Waals surface area contributed by atoms with Crippen molar-refractivity contribution in [2.45, 2.75) is 11.8 Å². The number of anilines is 1. The van der Waals surface area contributed by atoms with Crippen LogP contribution >= 0.6 is 0 Å². The predicted octanol–water partition coefficient (Wildman–Crippen LogP) is 4.02. The molecule has 0 saturated heterocycles. The Morgan fingerprint density at radius 2 is 1.77 bits per heavy atom. The van der Waals surface area contributed by atoms with Gasteiger partial charge in [0.15, 0.2) is 17.3 Å². The second-order valence-corrected chi connectivity index (χ2v) is 7.35. The normalized spacial score (nSPS) is 19.4. The fourth-order valence-electron chi connectivity index (χ4n) is 3.96. The van der Waals surface area contributed by atoms with Crippen molar-refractivity contribution in [3.8, 4) is 11.5 Å². The molecule has 1 aromatic heterocycles. The first-order valence-electron chi connectivity index (χ1n) is 9.74. The van der Waals surface area contributed by atoms with Crippen molar-refractivity contribution < 1.29 is 23.5 Å². The molecule has 2 aromatic carbocycles. The maximum Gasteiger partial charge on any atom is 0.228 e. The molecule has 4 rings (SSSR count). The van der Waals surface area contributed by atoms with E-state index in [0.29, 0.717) is 29.2 Å². The van der Waals surface area contributed by atoms with Crippen LogP contribution in [0.25, 0.3) is 0 Å². The number of Topliss-reactive ketones (excluding diaryl/α,β-unsaturated/α-hetero) is 1. The summed E-state index contributed by atoms with van der Waals surface area (Å²) in [4.78, 5) is 30.1. The van der Waals surface area contributed by atoms with Crippen LogP contribution < -0.4 is 14.8 Å². The average Bonchev–Trinajstić information content (AvgIpc) is 3.56. The maximum atomic E-state index is 13.7. The van der Waals surface area contributed by atoms with Crippen molar-refractivity contribution in [1.82, 2.24) is 4.98 Å². The van der Waals surface area contributed by atoms with Gasteiger partial charge in [0.1, 0.15) is 0 Å². The summed E-state index contributed by atoms with van der Waals surface area (Å²) in [5.74, 6) is -0.858. The lowest BCUT2D eigenvalue weighted by molar-refractivity contribution is -0.117. The van der Waals surface area contributed by atoms with Gasteiger partial charge >= 0.3 is 0 Å². The van der Waals surface area contributed by atoms with E-state index >= 15 is 0 Å². The van der Waals surface area contributed by atoms with Gasteiger partial charge in [0, 0.05) is 23.5 Å². The molecule has 31 heavy (non-hydrogen) atoms. The van der Waals surface area contributed by atoms with Gasteiger partial charge in [-0.3, -0.25) is 9.59 Å². The highest BCUT2D eigenvalue weighted by atomic mass is 19.1. The number of hydrogen-bond acceptors (Lipinski definition) is 5. The summed E-state index contributed by atoms with van der Waals surface area (Å²) < 4.78 is 24.0. The smallest absolute Gasteiger partial charge is 0.228 e. The highest BCUT2D eigenvalue weighted by molar-refractivity contribution is 6.12. The zero-order valence-electron chi connectivity index (χ0n) is 17.1. The zero-order chi connectivity index (χ0) is 22.0. The summed E-state index contributed by atoms with van der Waals surface area (Å²) in [7, 11) is 3.02. The van der Waals surface area contributed by atoms with E-state index in [1.54, 1.807) is 18.2 Å². The van der Waals surface area contributed by atoms with E-state index in [0.717, 1.165) is 11.6 Å². The summed E-state index contributed by atoms with van der Waals surface area (Å²) in [6, 6.07) is 16.8. The first kappa shape index (κ1) is 20.5. The Morgan fingerprint density at radius 3 is 2.45 bits per heavy atom. The van der Waals surface area contributed by atoms with Crippen molar-refractivity contribution in [2.75, 3.05) is 19.5 Å². The molecule has 1 aliphatic carbocycles. The van der Waals surface area contributed by atoms with Crippen molar-refractivity contribution >= 4 is 17.4 Å². The average molecular weight is 420 g/mol. The van der Waals surface area contributed by atoms with Crippen LogP contribution in [0.5, 0.6) is 11.5 Å². The van der Waals surface area contributed by atoms with Crippen LogP contribution in [0.4, 0.5) is 10.1 Å². The lowest BCUT2D eigenvalue weighted by Gasteiger charge is -2.18. The van der Waals surface area contributed by atoms with Crippen LogP contribution in [0, 0.1) is 11.9 Å². The Hall–Kier alpha value is -3.74. The van der Waals surface area contributed by atoms with E-state index in [1.807, 2.05) is 30.3 Å². The largest absolute Gasteiger partial charge is 0.493 e. The third-order valence-electron chi connectivity index (χ3n) is 5.61. The van der Waals surface area contributed by atoms with E-state index in [1.165, 1.54) is 26.5 Å². The van der Waals surface area contributed by atoms with Gasteiger partial charge in [-0.05, 0) is 36.2 Å². The molecule has 0 aliphatic heterocycles. The monoisotopic (exact) mass is 420 g/mol. The quantitative estimate of drug-likeness (QED) is 0.462. The number of halogens is 1.